The zero-order valence-electron chi connectivity index (χ0n) is 32.2. The van der Waals surface area contributed by atoms with Gasteiger partial charge in [-0.05, 0) is 96.4 Å². The average Bonchev–Trinajstić information content (AvgIpc) is 3.10. The summed E-state index contributed by atoms with van der Waals surface area (Å²) in [4.78, 5) is 36.1. The van der Waals surface area contributed by atoms with Crippen molar-refractivity contribution >= 4 is 17.8 Å². The Morgan fingerprint density at radius 3 is 1.66 bits per heavy atom. The van der Waals surface area contributed by atoms with Crippen molar-refractivity contribution in [1.29, 1.82) is 0 Å². The number of esters is 1. The Hall–Kier alpha value is -2.67. The number of hydrogen-bond donors (Lipinski definition) is 3. The molecule has 0 aromatic rings. The molecule has 0 aromatic heterocycles. The first-order chi connectivity index (χ1) is 24.4. The van der Waals surface area contributed by atoms with Crippen molar-refractivity contribution in [2.45, 2.75) is 199 Å². The molecule has 0 radical (unpaired) electrons. The van der Waals surface area contributed by atoms with Crippen molar-refractivity contribution in [3.63, 3.8) is 0 Å². The number of unbranched alkanes of at least 4 members (excludes halogenated alkanes) is 14. The molecule has 0 aliphatic rings. The number of carbonyl (C=O) groups excluding carboxylic acids is 2. The van der Waals surface area contributed by atoms with Crippen molar-refractivity contribution in [3.8, 4) is 0 Å². The molecule has 0 saturated heterocycles. The molecule has 0 saturated carbocycles. The first kappa shape index (κ1) is 47.3. The summed E-state index contributed by atoms with van der Waals surface area (Å²) in [6, 6.07) is -0.874. The summed E-state index contributed by atoms with van der Waals surface area (Å²) < 4.78 is 5.89. The lowest BCUT2D eigenvalue weighted by atomic mass is 10.0. The highest BCUT2D eigenvalue weighted by Crippen LogP contribution is 2.17. The van der Waals surface area contributed by atoms with Gasteiger partial charge in [0.05, 0.1) is 0 Å². The Balaban J connectivity index is 3.87. The third-order valence-electron chi connectivity index (χ3n) is 8.91. The van der Waals surface area contributed by atoms with Crippen LogP contribution in [0.2, 0.25) is 0 Å². The molecule has 0 fully saturated rings. The Labute approximate surface area is 307 Å². The minimum absolute atomic E-state index is 0.0514. The third kappa shape index (κ3) is 33.8. The van der Waals surface area contributed by atoms with E-state index in [1.54, 1.807) is 0 Å². The summed E-state index contributed by atoms with van der Waals surface area (Å²) in [5, 5.41) is 11.9. The zero-order chi connectivity index (χ0) is 36.8. The van der Waals surface area contributed by atoms with Gasteiger partial charge in [-0.2, -0.15) is 0 Å². The van der Waals surface area contributed by atoms with E-state index >= 15 is 0 Å². The van der Waals surface area contributed by atoms with Gasteiger partial charge in [0, 0.05) is 12.8 Å². The topological polar surface area (TPSA) is 119 Å². The van der Waals surface area contributed by atoms with E-state index in [0.717, 1.165) is 83.5 Å². The fourth-order valence-corrected chi connectivity index (χ4v) is 5.85. The van der Waals surface area contributed by atoms with Gasteiger partial charge in [-0.25, -0.2) is 4.79 Å². The van der Waals surface area contributed by atoms with Gasteiger partial charge in [-0.3, -0.25) is 9.59 Å². The molecule has 0 rings (SSSR count). The van der Waals surface area contributed by atoms with Crippen molar-refractivity contribution in [2.24, 2.45) is 5.73 Å². The number of allylic oxidation sites excluding steroid dienone is 8. The third-order valence-corrected chi connectivity index (χ3v) is 8.91. The van der Waals surface area contributed by atoms with Crippen LogP contribution in [0.15, 0.2) is 48.6 Å². The summed E-state index contributed by atoms with van der Waals surface area (Å²) >= 11 is 0. The maximum absolute atomic E-state index is 12.6. The number of rotatable bonds is 36. The number of nitrogens with one attached hydrogen (secondary N) is 1. The van der Waals surface area contributed by atoms with E-state index in [1.165, 1.54) is 57.8 Å². The molecule has 0 aromatic carbocycles. The van der Waals surface area contributed by atoms with Crippen LogP contribution in [0.5, 0.6) is 0 Å². The van der Waals surface area contributed by atoms with E-state index in [0.29, 0.717) is 38.6 Å². The molecule has 0 heterocycles. The molecule has 0 bridgehead atoms. The van der Waals surface area contributed by atoms with Gasteiger partial charge in [-0.15, -0.1) is 0 Å². The first-order valence-electron chi connectivity index (χ1n) is 20.5. The highest BCUT2D eigenvalue weighted by atomic mass is 16.5. The zero-order valence-corrected chi connectivity index (χ0v) is 32.2. The van der Waals surface area contributed by atoms with E-state index in [1.807, 2.05) is 0 Å². The molecule has 0 aliphatic heterocycles. The molecule has 7 heteroatoms. The molecule has 0 aliphatic carbocycles. The van der Waals surface area contributed by atoms with Gasteiger partial charge >= 0.3 is 11.9 Å². The minimum atomic E-state index is -1.02. The van der Waals surface area contributed by atoms with Crippen LogP contribution in [0, 0.1) is 0 Å². The van der Waals surface area contributed by atoms with Crippen LogP contribution >= 0.6 is 0 Å². The Bertz CT molecular complexity index is 926. The summed E-state index contributed by atoms with van der Waals surface area (Å²) in [6.07, 6.45) is 44.8. The molecule has 50 heavy (non-hydrogen) atoms. The van der Waals surface area contributed by atoms with Crippen LogP contribution in [0.4, 0.5) is 0 Å². The van der Waals surface area contributed by atoms with Crippen LogP contribution in [0.1, 0.15) is 187 Å². The number of amides is 1. The summed E-state index contributed by atoms with van der Waals surface area (Å²) in [5.74, 6) is -1.33. The molecule has 4 N–H and O–H groups in total. The molecular formula is C43H76N2O5. The normalized spacial score (nSPS) is 13.2. The second-order valence-corrected chi connectivity index (χ2v) is 13.7. The van der Waals surface area contributed by atoms with Gasteiger partial charge in [-0.1, -0.05) is 133 Å². The fraction of sp³-hybridized carbons (Fsp3) is 0.744. The average molecular weight is 701 g/mol. The van der Waals surface area contributed by atoms with Crippen LogP contribution < -0.4 is 11.1 Å². The predicted octanol–water partition coefficient (Wildman–Crippen LogP) is 11.2. The van der Waals surface area contributed by atoms with Gasteiger partial charge in [0.25, 0.3) is 0 Å². The smallest absolute Gasteiger partial charge is 0.326 e. The van der Waals surface area contributed by atoms with Crippen molar-refractivity contribution in [1.82, 2.24) is 5.32 Å². The van der Waals surface area contributed by atoms with Gasteiger partial charge in [0.2, 0.25) is 5.91 Å². The second-order valence-electron chi connectivity index (χ2n) is 13.7. The summed E-state index contributed by atoms with van der Waals surface area (Å²) in [5.41, 5.74) is 5.46. The monoisotopic (exact) mass is 701 g/mol. The van der Waals surface area contributed by atoms with Crippen molar-refractivity contribution in [3.05, 3.63) is 48.6 Å². The molecular weight excluding hydrogens is 624 g/mol. The number of carboxylic acids is 1. The number of carbonyl (C=O) groups is 3. The Morgan fingerprint density at radius 1 is 0.600 bits per heavy atom. The van der Waals surface area contributed by atoms with Crippen LogP contribution in [0.3, 0.4) is 0 Å². The van der Waals surface area contributed by atoms with E-state index in [4.69, 9.17) is 10.5 Å². The highest BCUT2D eigenvalue weighted by Gasteiger charge is 2.19. The number of aliphatic carboxylic acids is 1. The largest absolute Gasteiger partial charge is 0.480 e. The molecule has 288 valence electrons. The number of hydrogen-bond acceptors (Lipinski definition) is 5. The van der Waals surface area contributed by atoms with E-state index in [9.17, 15) is 19.5 Å². The first-order valence-corrected chi connectivity index (χ1v) is 20.5. The second kappa shape index (κ2) is 37.6. The van der Waals surface area contributed by atoms with E-state index in [2.05, 4.69) is 67.8 Å². The van der Waals surface area contributed by atoms with Crippen molar-refractivity contribution in [2.75, 3.05) is 6.54 Å². The van der Waals surface area contributed by atoms with Crippen molar-refractivity contribution < 1.29 is 24.2 Å². The number of carboxylic acid groups (broad SMARTS) is 1. The minimum Gasteiger partial charge on any atom is -0.480 e. The predicted molar refractivity (Wildman–Crippen MR) is 211 cm³/mol. The van der Waals surface area contributed by atoms with Gasteiger partial charge in [0.15, 0.2) is 0 Å². The quantitative estimate of drug-likeness (QED) is 0.0340. The maximum Gasteiger partial charge on any atom is 0.326 e. The number of nitrogens with two attached hydrogens (primary N) is 1. The summed E-state index contributed by atoms with van der Waals surface area (Å²) in [6.45, 7) is 4.74. The lowest BCUT2D eigenvalue weighted by Crippen LogP contribution is -2.40. The lowest BCUT2D eigenvalue weighted by Gasteiger charge is -2.18. The van der Waals surface area contributed by atoms with E-state index < -0.39 is 12.0 Å². The Kier molecular flexibility index (Phi) is 35.6. The summed E-state index contributed by atoms with van der Waals surface area (Å²) in [7, 11) is 0. The van der Waals surface area contributed by atoms with Gasteiger partial charge in [0.1, 0.15) is 12.1 Å². The van der Waals surface area contributed by atoms with E-state index in [-0.39, 0.29) is 18.0 Å². The molecule has 1 amide bonds. The lowest BCUT2D eigenvalue weighted by molar-refractivity contribution is -0.150. The van der Waals surface area contributed by atoms with Crippen LogP contribution in [-0.2, 0) is 19.1 Å². The van der Waals surface area contributed by atoms with Crippen LogP contribution in [0.25, 0.3) is 0 Å². The maximum atomic E-state index is 12.6. The molecule has 2 atom stereocenters. The standard InChI is InChI=1S/C43H76N2O5/c1-3-5-7-8-9-10-11-12-13-14-15-16-17-18-19-20-21-22-23-24-25-26-31-37-42(47)50-39(33-28-6-4-2)34-29-27-30-36-41(46)45-40(43(48)49)35-32-38-44/h5,7,9-10,12-13,15-16,39-40H,3-4,6,8,11,14,17-38,44H2,1-2H3,(H,45,46)(H,48,49)/b7-5-,10-9-,13-12-,16-15-. The Morgan fingerprint density at radius 2 is 1.10 bits per heavy atom. The number of ether oxygens (including phenoxy) is 1. The molecule has 7 nitrogen and oxygen atoms in total. The van der Waals surface area contributed by atoms with Crippen LogP contribution in [-0.4, -0.2) is 41.6 Å². The molecule has 0 spiro atoms. The van der Waals surface area contributed by atoms with Gasteiger partial charge < -0.3 is 20.9 Å². The SMILES string of the molecule is CC/C=C\C/C=C\C/C=C\C/C=C\CCCCCCCCCCCCC(=O)OC(CCCCC)CCCCCC(=O)NC(CCCN)C(=O)O. The molecule has 2 unspecified atom stereocenters. The fourth-order valence-electron chi connectivity index (χ4n) is 5.85. The highest BCUT2D eigenvalue weighted by molar-refractivity contribution is 5.83.